The Labute approximate surface area is 108 Å². The molecule has 0 amide bonds. The summed E-state index contributed by atoms with van der Waals surface area (Å²) in [6.45, 7) is 3.19. The number of hydrogen-bond donors (Lipinski definition) is 1. The second kappa shape index (κ2) is 5.41. The van der Waals surface area contributed by atoms with Crippen LogP contribution in [0.1, 0.15) is 31.4 Å². The Kier molecular flexibility index (Phi) is 3.88. The third-order valence-electron chi connectivity index (χ3n) is 3.28. The molecule has 2 nitrogen and oxygen atoms in total. The van der Waals surface area contributed by atoms with Crippen molar-refractivity contribution >= 4 is 5.69 Å². The first kappa shape index (κ1) is 12.9. The largest absolute Gasteiger partial charge is 0.360 e. The zero-order valence-electron chi connectivity index (χ0n) is 10.7. The number of terminal acetylenes is 1. The van der Waals surface area contributed by atoms with Gasteiger partial charge in [0, 0.05) is 23.8 Å². The molecule has 1 aliphatic carbocycles. The molecule has 2 N–H and O–H groups in total. The van der Waals surface area contributed by atoms with Gasteiger partial charge in [-0.1, -0.05) is 12.0 Å². The van der Waals surface area contributed by atoms with Gasteiger partial charge in [-0.05, 0) is 37.8 Å². The topological polar surface area (TPSA) is 29.3 Å². The summed E-state index contributed by atoms with van der Waals surface area (Å²) >= 11 is 0. The molecular weight excluding hydrogens is 227 g/mol. The van der Waals surface area contributed by atoms with Gasteiger partial charge < -0.3 is 10.6 Å². The van der Waals surface area contributed by atoms with Gasteiger partial charge in [0.1, 0.15) is 5.82 Å². The summed E-state index contributed by atoms with van der Waals surface area (Å²) in [5.74, 6) is 3.09. The lowest BCUT2D eigenvalue weighted by Gasteiger charge is -2.26. The number of rotatable bonds is 5. The van der Waals surface area contributed by atoms with Crippen molar-refractivity contribution in [1.82, 2.24) is 0 Å². The quantitative estimate of drug-likeness (QED) is 0.809. The first-order valence-electron chi connectivity index (χ1n) is 6.36. The molecule has 0 unspecified atom stereocenters. The van der Waals surface area contributed by atoms with E-state index in [1.165, 1.54) is 18.9 Å². The summed E-state index contributed by atoms with van der Waals surface area (Å²) in [4.78, 5) is 2.07. The minimum absolute atomic E-state index is 0.250. The molecule has 0 saturated heterocycles. The van der Waals surface area contributed by atoms with E-state index in [2.05, 4.69) is 10.8 Å². The Morgan fingerprint density at radius 1 is 1.56 bits per heavy atom. The van der Waals surface area contributed by atoms with Crippen molar-refractivity contribution in [2.45, 2.75) is 25.8 Å². The highest BCUT2D eigenvalue weighted by molar-refractivity contribution is 5.56. The predicted octanol–water partition coefficient (Wildman–Crippen LogP) is 2.70. The van der Waals surface area contributed by atoms with Gasteiger partial charge in [0.25, 0.3) is 0 Å². The van der Waals surface area contributed by atoms with Crippen molar-refractivity contribution < 1.29 is 4.39 Å². The molecule has 18 heavy (non-hydrogen) atoms. The van der Waals surface area contributed by atoms with Crippen molar-refractivity contribution in [2.75, 3.05) is 18.0 Å². The molecule has 1 fully saturated rings. The molecule has 0 aliphatic heterocycles. The van der Waals surface area contributed by atoms with Gasteiger partial charge >= 0.3 is 0 Å². The molecule has 2 rings (SSSR count). The highest BCUT2D eigenvalue weighted by Gasteiger charge is 2.26. The second-order valence-corrected chi connectivity index (χ2v) is 4.99. The van der Waals surface area contributed by atoms with Gasteiger partial charge in [-0.25, -0.2) is 4.39 Å². The molecule has 3 heteroatoms. The van der Waals surface area contributed by atoms with Gasteiger partial charge in [-0.3, -0.25) is 0 Å². The average molecular weight is 246 g/mol. The standard InChI is InChI=1S/C15H19FN2/c1-3-9-18(10-12-7-8-12)14-6-4-5-13(16)15(14)11(2)17/h1,4-6,11-12H,7-10,17H2,2H3/t11-/m1/s1. The van der Waals surface area contributed by atoms with Crippen molar-refractivity contribution in [3.63, 3.8) is 0 Å². The van der Waals surface area contributed by atoms with Crippen molar-refractivity contribution in [3.05, 3.63) is 29.6 Å². The van der Waals surface area contributed by atoms with Crippen LogP contribution in [-0.4, -0.2) is 13.1 Å². The van der Waals surface area contributed by atoms with Crippen LogP contribution < -0.4 is 10.6 Å². The fourth-order valence-electron chi connectivity index (χ4n) is 2.22. The molecule has 1 atom stereocenters. The van der Waals surface area contributed by atoms with Crippen LogP contribution in [-0.2, 0) is 0 Å². The number of nitrogens with two attached hydrogens (primary N) is 1. The highest BCUT2D eigenvalue weighted by Crippen LogP contribution is 2.34. The molecule has 96 valence electrons. The number of hydrogen-bond acceptors (Lipinski definition) is 2. The Balaban J connectivity index is 2.33. The number of halogens is 1. The van der Waals surface area contributed by atoms with Gasteiger partial charge in [-0.2, -0.15) is 0 Å². The first-order valence-corrected chi connectivity index (χ1v) is 6.36. The van der Waals surface area contributed by atoms with Crippen molar-refractivity contribution in [3.8, 4) is 12.3 Å². The zero-order valence-corrected chi connectivity index (χ0v) is 10.7. The van der Waals surface area contributed by atoms with E-state index >= 15 is 0 Å². The molecular formula is C15H19FN2. The summed E-state index contributed by atoms with van der Waals surface area (Å²) in [7, 11) is 0. The van der Waals surface area contributed by atoms with E-state index in [-0.39, 0.29) is 11.9 Å². The van der Waals surface area contributed by atoms with E-state index < -0.39 is 0 Å². The van der Waals surface area contributed by atoms with Crippen LogP contribution in [0.2, 0.25) is 0 Å². The molecule has 0 heterocycles. The number of anilines is 1. The second-order valence-electron chi connectivity index (χ2n) is 4.99. The van der Waals surface area contributed by atoms with Gasteiger partial charge in [0.2, 0.25) is 0 Å². The van der Waals surface area contributed by atoms with E-state index in [0.29, 0.717) is 18.0 Å². The maximum atomic E-state index is 13.9. The predicted molar refractivity (Wildman–Crippen MR) is 72.8 cm³/mol. The van der Waals surface area contributed by atoms with Crippen molar-refractivity contribution in [2.24, 2.45) is 11.7 Å². The maximum absolute atomic E-state index is 13.9. The Morgan fingerprint density at radius 3 is 2.83 bits per heavy atom. The fraction of sp³-hybridized carbons (Fsp3) is 0.467. The van der Waals surface area contributed by atoms with Crippen molar-refractivity contribution in [1.29, 1.82) is 0 Å². The van der Waals surface area contributed by atoms with Crippen LogP contribution in [0.4, 0.5) is 10.1 Å². The van der Waals surface area contributed by atoms with Crippen LogP contribution in [0.15, 0.2) is 18.2 Å². The minimum atomic E-state index is -0.333. The Hall–Kier alpha value is -1.53. The van der Waals surface area contributed by atoms with E-state index in [4.69, 9.17) is 12.2 Å². The number of nitrogens with zero attached hydrogens (tertiary/aromatic N) is 1. The van der Waals surface area contributed by atoms with Gasteiger partial charge in [0.15, 0.2) is 0 Å². The SMILES string of the molecule is C#CCN(CC1CC1)c1cccc(F)c1[C@@H](C)N. The molecule has 0 radical (unpaired) electrons. The third kappa shape index (κ3) is 2.83. The first-order chi connectivity index (χ1) is 8.63. The summed E-state index contributed by atoms with van der Waals surface area (Å²) < 4.78 is 13.9. The van der Waals surface area contributed by atoms with E-state index in [1.54, 1.807) is 13.0 Å². The molecule has 0 aromatic heterocycles. The lowest BCUT2D eigenvalue weighted by atomic mass is 10.0. The van der Waals surface area contributed by atoms with Crippen LogP contribution in [0.3, 0.4) is 0 Å². The normalized spacial score (nSPS) is 16.1. The molecule has 1 aliphatic rings. The molecule has 1 aromatic carbocycles. The summed E-state index contributed by atoms with van der Waals surface area (Å²) in [5.41, 5.74) is 7.28. The van der Waals surface area contributed by atoms with Crippen LogP contribution in [0.25, 0.3) is 0 Å². The summed E-state index contributed by atoms with van der Waals surface area (Å²) in [5, 5.41) is 0. The summed E-state index contributed by atoms with van der Waals surface area (Å²) in [6.07, 6.45) is 7.89. The molecule has 1 aromatic rings. The Bertz CT molecular complexity index is 458. The minimum Gasteiger partial charge on any atom is -0.360 e. The van der Waals surface area contributed by atoms with E-state index in [9.17, 15) is 4.39 Å². The average Bonchev–Trinajstić information content (AvgIpc) is 3.11. The lowest BCUT2D eigenvalue weighted by Crippen LogP contribution is -2.28. The van der Waals surface area contributed by atoms with Crippen LogP contribution in [0.5, 0.6) is 0 Å². The third-order valence-corrected chi connectivity index (χ3v) is 3.28. The van der Waals surface area contributed by atoms with E-state index in [0.717, 1.165) is 12.2 Å². The fourth-order valence-corrected chi connectivity index (χ4v) is 2.22. The Morgan fingerprint density at radius 2 is 2.28 bits per heavy atom. The smallest absolute Gasteiger partial charge is 0.130 e. The monoisotopic (exact) mass is 246 g/mol. The summed E-state index contributed by atoms with van der Waals surface area (Å²) in [6, 6.07) is 4.74. The lowest BCUT2D eigenvalue weighted by molar-refractivity contribution is 0.591. The molecule has 1 saturated carbocycles. The zero-order chi connectivity index (χ0) is 13.1. The molecule has 0 spiro atoms. The highest BCUT2D eigenvalue weighted by atomic mass is 19.1. The van der Waals surface area contributed by atoms with Crippen LogP contribution >= 0.6 is 0 Å². The van der Waals surface area contributed by atoms with Gasteiger partial charge in [0.05, 0.1) is 6.54 Å². The van der Waals surface area contributed by atoms with Crippen LogP contribution in [0, 0.1) is 24.1 Å². The van der Waals surface area contributed by atoms with E-state index in [1.807, 2.05) is 6.07 Å². The molecule has 0 bridgehead atoms. The number of benzene rings is 1. The van der Waals surface area contributed by atoms with Gasteiger partial charge in [-0.15, -0.1) is 6.42 Å². The maximum Gasteiger partial charge on any atom is 0.130 e.